The van der Waals surface area contributed by atoms with Gasteiger partial charge in [0.1, 0.15) is 12.4 Å². The molecule has 0 heterocycles. The summed E-state index contributed by atoms with van der Waals surface area (Å²) in [4.78, 5) is 0. The van der Waals surface area contributed by atoms with Crippen LogP contribution < -0.4 is 4.74 Å². The van der Waals surface area contributed by atoms with Gasteiger partial charge in [0.2, 0.25) is 0 Å². The SMILES string of the molecule is C=CCOc1cc(F)c(F)cc1C. The zero-order chi connectivity index (χ0) is 9.84. The van der Waals surface area contributed by atoms with E-state index >= 15 is 0 Å². The Balaban J connectivity index is 2.94. The highest BCUT2D eigenvalue weighted by Crippen LogP contribution is 2.21. The summed E-state index contributed by atoms with van der Waals surface area (Å²) in [5, 5.41) is 0. The molecule has 0 aromatic heterocycles. The van der Waals surface area contributed by atoms with Gasteiger partial charge in [0.05, 0.1) is 0 Å². The van der Waals surface area contributed by atoms with Crippen molar-refractivity contribution >= 4 is 0 Å². The molecule has 13 heavy (non-hydrogen) atoms. The number of aryl methyl sites for hydroxylation is 1. The summed E-state index contributed by atoms with van der Waals surface area (Å²) in [6.07, 6.45) is 1.54. The van der Waals surface area contributed by atoms with Crippen LogP contribution in [0.15, 0.2) is 24.8 Å². The van der Waals surface area contributed by atoms with Crippen LogP contribution in [0, 0.1) is 18.6 Å². The Labute approximate surface area is 75.6 Å². The van der Waals surface area contributed by atoms with Crippen molar-refractivity contribution in [2.75, 3.05) is 6.61 Å². The molecular weight excluding hydrogens is 174 g/mol. The van der Waals surface area contributed by atoms with Crippen molar-refractivity contribution in [3.8, 4) is 5.75 Å². The largest absolute Gasteiger partial charge is 0.489 e. The summed E-state index contributed by atoms with van der Waals surface area (Å²) in [5.74, 6) is -1.41. The number of rotatable bonds is 3. The first kappa shape index (κ1) is 9.71. The first-order chi connectivity index (χ1) is 6.15. The quantitative estimate of drug-likeness (QED) is 0.656. The van der Waals surface area contributed by atoms with Crippen molar-refractivity contribution in [1.29, 1.82) is 0 Å². The van der Waals surface area contributed by atoms with E-state index in [0.29, 0.717) is 11.3 Å². The number of hydrogen-bond donors (Lipinski definition) is 0. The third-order valence-electron chi connectivity index (χ3n) is 1.57. The second kappa shape index (κ2) is 4.03. The normalized spacial score (nSPS) is 9.77. The Morgan fingerprint density at radius 1 is 1.38 bits per heavy atom. The predicted octanol–water partition coefficient (Wildman–Crippen LogP) is 2.84. The number of hydrogen-bond acceptors (Lipinski definition) is 1. The van der Waals surface area contributed by atoms with Crippen LogP contribution in [0.4, 0.5) is 8.78 Å². The highest BCUT2D eigenvalue weighted by Gasteiger charge is 2.06. The van der Waals surface area contributed by atoms with Gasteiger partial charge in [-0.25, -0.2) is 8.78 Å². The van der Waals surface area contributed by atoms with Gasteiger partial charge in [0, 0.05) is 6.07 Å². The Morgan fingerprint density at radius 2 is 2.00 bits per heavy atom. The van der Waals surface area contributed by atoms with E-state index in [0.717, 1.165) is 12.1 Å². The molecule has 1 rings (SSSR count). The van der Waals surface area contributed by atoms with Crippen LogP contribution in [0.1, 0.15) is 5.56 Å². The van der Waals surface area contributed by atoms with Gasteiger partial charge in [0.25, 0.3) is 0 Å². The van der Waals surface area contributed by atoms with Crippen molar-refractivity contribution in [2.24, 2.45) is 0 Å². The lowest BCUT2D eigenvalue weighted by Crippen LogP contribution is -1.97. The number of halogens is 2. The van der Waals surface area contributed by atoms with Gasteiger partial charge in [-0.1, -0.05) is 12.7 Å². The van der Waals surface area contributed by atoms with E-state index in [1.165, 1.54) is 0 Å². The number of ether oxygens (including phenoxy) is 1. The van der Waals surface area contributed by atoms with Crippen LogP contribution in [-0.2, 0) is 0 Å². The molecule has 0 saturated carbocycles. The Morgan fingerprint density at radius 3 is 2.62 bits per heavy atom. The van der Waals surface area contributed by atoms with E-state index in [9.17, 15) is 8.78 Å². The molecule has 0 aliphatic carbocycles. The molecule has 0 aliphatic rings. The lowest BCUT2D eigenvalue weighted by atomic mass is 10.2. The van der Waals surface area contributed by atoms with Crippen molar-refractivity contribution in [3.63, 3.8) is 0 Å². The van der Waals surface area contributed by atoms with Gasteiger partial charge in [-0.2, -0.15) is 0 Å². The highest BCUT2D eigenvalue weighted by molar-refractivity contribution is 5.33. The molecule has 0 radical (unpaired) electrons. The first-order valence-corrected chi connectivity index (χ1v) is 3.84. The van der Waals surface area contributed by atoms with Crippen molar-refractivity contribution in [3.05, 3.63) is 42.0 Å². The third kappa shape index (κ3) is 2.28. The van der Waals surface area contributed by atoms with E-state index in [1.54, 1.807) is 13.0 Å². The zero-order valence-corrected chi connectivity index (χ0v) is 7.31. The fourth-order valence-corrected chi connectivity index (χ4v) is 0.932. The maximum Gasteiger partial charge on any atom is 0.162 e. The van der Waals surface area contributed by atoms with E-state index in [4.69, 9.17) is 4.74 Å². The lowest BCUT2D eigenvalue weighted by molar-refractivity contribution is 0.355. The molecule has 0 aliphatic heterocycles. The molecular formula is C10H10F2O. The standard InChI is InChI=1S/C10H10F2O/c1-3-4-13-10-6-9(12)8(11)5-7(10)2/h3,5-6H,1,4H2,2H3. The van der Waals surface area contributed by atoms with E-state index in [1.807, 2.05) is 0 Å². The summed E-state index contributed by atoms with van der Waals surface area (Å²) in [6.45, 7) is 5.39. The molecule has 1 aromatic rings. The van der Waals surface area contributed by atoms with Crippen LogP contribution >= 0.6 is 0 Å². The van der Waals surface area contributed by atoms with Crippen molar-refractivity contribution in [2.45, 2.75) is 6.92 Å². The summed E-state index contributed by atoms with van der Waals surface area (Å²) >= 11 is 0. The van der Waals surface area contributed by atoms with Crippen LogP contribution in [0.2, 0.25) is 0 Å². The molecule has 1 aromatic carbocycles. The van der Waals surface area contributed by atoms with Gasteiger partial charge in [0.15, 0.2) is 11.6 Å². The summed E-state index contributed by atoms with van der Waals surface area (Å²) in [5.41, 5.74) is 0.570. The molecule has 0 atom stereocenters. The average Bonchev–Trinajstić information content (AvgIpc) is 2.09. The van der Waals surface area contributed by atoms with Crippen LogP contribution in [0.3, 0.4) is 0 Å². The molecule has 0 N–H and O–H groups in total. The van der Waals surface area contributed by atoms with Gasteiger partial charge >= 0.3 is 0 Å². The van der Waals surface area contributed by atoms with Crippen LogP contribution in [0.25, 0.3) is 0 Å². The zero-order valence-electron chi connectivity index (χ0n) is 7.31. The Kier molecular flexibility index (Phi) is 3.01. The molecule has 0 unspecified atom stereocenters. The molecule has 0 bridgehead atoms. The lowest BCUT2D eigenvalue weighted by Gasteiger charge is -2.06. The second-order valence-corrected chi connectivity index (χ2v) is 2.63. The van der Waals surface area contributed by atoms with Gasteiger partial charge in [-0.3, -0.25) is 0 Å². The molecule has 70 valence electrons. The highest BCUT2D eigenvalue weighted by atomic mass is 19.2. The predicted molar refractivity (Wildman–Crippen MR) is 46.8 cm³/mol. The van der Waals surface area contributed by atoms with E-state index in [2.05, 4.69) is 6.58 Å². The fourth-order valence-electron chi connectivity index (χ4n) is 0.932. The van der Waals surface area contributed by atoms with Crippen molar-refractivity contribution < 1.29 is 13.5 Å². The topological polar surface area (TPSA) is 9.23 Å². The molecule has 0 fully saturated rings. The van der Waals surface area contributed by atoms with Gasteiger partial charge in [-0.15, -0.1) is 0 Å². The van der Waals surface area contributed by atoms with Gasteiger partial charge < -0.3 is 4.74 Å². The minimum absolute atomic E-state index is 0.284. The minimum atomic E-state index is -0.898. The maximum atomic E-state index is 12.7. The van der Waals surface area contributed by atoms with E-state index in [-0.39, 0.29) is 6.61 Å². The molecule has 0 amide bonds. The van der Waals surface area contributed by atoms with Gasteiger partial charge in [-0.05, 0) is 18.6 Å². The summed E-state index contributed by atoms with van der Waals surface area (Å²) in [6, 6.07) is 2.14. The molecule has 0 spiro atoms. The van der Waals surface area contributed by atoms with Crippen molar-refractivity contribution in [1.82, 2.24) is 0 Å². The first-order valence-electron chi connectivity index (χ1n) is 3.84. The Bertz CT molecular complexity index is 321. The Hall–Kier alpha value is -1.38. The van der Waals surface area contributed by atoms with Crippen LogP contribution in [-0.4, -0.2) is 6.61 Å². The molecule has 3 heteroatoms. The fraction of sp³-hybridized carbons (Fsp3) is 0.200. The van der Waals surface area contributed by atoms with Crippen LogP contribution in [0.5, 0.6) is 5.75 Å². The summed E-state index contributed by atoms with van der Waals surface area (Å²) in [7, 11) is 0. The summed E-state index contributed by atoms with van der Waals surface area (Å²) < 4.78 is 30.4. The maximum absolute atomic E-state index is 12.7. The smallest absolute Gasteiger partial charge is 0.162 e. The third-order valence-corrected chi connectivity index (χ3v) is 1.57. The average molecular weight is 184 g/mol. The monoisotopic (exact) mass is 184 g/mol. The minimum Gasteiger partial charge on any atom is -0.489 e. The molecule has 0 saturated heterocycles. The molecule has 1 nitrogen and oxygen atoms in total. The second-order valence-electron chi connectivity index (χ2n) is 2.63. The number of benzene rings is 1. The van der Waals surface area contributed by atoms with E-state index < -0.39 is 11.6 Å².